The fourth-order valence-corrected chi connectivity index (χ4v) is 1.64. The van der Waals surface area contributed by atoms with Gasteiger partial charge in [-0.25, -0.2) is 4.79 Å². The maximum atomic E-state index is 11.7. The monoisotopic (exact) mass is 205 g/mol. The summed E-state index contributed by atoms with van der Waals surface area (Å²) in [4.78, 5) is 11.7. The van der Waals surface area contributed by atoms with Gasteiger partial charge in [0.1, 0.15) is 6.10 Å². The van der Waals surface area contributed by atoms with Gasteiger partial charge in [-0.2, -0.15) is 0 Å². The van der Waals surface area contributed by atoms with E-state index in [4.69, 9.17) is 10.5 Å². The summed E-state index contributed by atoms with van der Waals surface area (Å²) in [6.45, 7) is 1.91. The third-order valence-corrected chi connectivity index (χ3v) is 2.66. The Labute approximate surface area is 89.2 Å². The molecule has 3 nitrogen and oxygen atoms in total. The van der Waals surface area contributed by atoms with Crippen molar-refractivity contribution in [2.24, 2.45) is 0 Å². The second kappa shape index (κ2) is 3.93. The Hall–Kier alpha value is -1.51. The second-order valence-electron chi connectivity index (χ2n) is 4.09. The van der Waals surface area contributed by atoms with Crippen molar-refractivity contribution in [1.29, 1.82) is 0 Å². The van der Waals surface area contributed by atoms with E-state index >= 15 is 0 Å². The molecule has 0 heterocycles. The number of ether oxygens (including phenoxy) is 1. The number of nitrogens with two attached hydrogens (primary N) is 1. The molecular formula is C12H15NO2. The summed E-state index contributed by atoms with van der Waals surface area (Å²) in [6, 6.07) is 5.30. The fraction of sp³-hybridized carbons (Fsp3) is 0.417. The number of carbonyl (C=O) groups is 1. The number of anilines is 1. The number of benzene rings is 1. The van der Waals surface area contributed by atoms with E-state index in [-0.39, 0.29) is 12.1 Å². The average Bonchev–Trinajstić information content (AvgIpc) is 2.09. The third kappa shape index (κ3) is 2.29. The summed E-state index contributed by atoms with van der Waals surface area (Å²) in [5, 5.41) is 0. The highest BCUT2D eigenvalue weighted by Gasteiger charge is 2.22. The third-order valence-electron chi connectivity index (χ3n) is 2.66. The Morgan fingerprint density at radius 2 is 2.13 bits per heavy atom. The molecule has 1 aliphatic rings. The summed E-state index contributed by atoms with van der Waals surface area (Å²) in [5.74, 6) is -0.255. The number of nitrogen functional groups attached to an aromatic ring is 1. The molecule has 0 unspecified atom stereocenters. The zero-order chi connectivity index (χ0) is 10.8. The van der Waals surface area contributed by atoms with Gasteiger partial charge in [-0.15, -0.1) is 0 Å². The zero-order valence-electron chi connectivity index (χ0n) is 8.82. The van der Waals surface area contributed by atoms with E-state index in [0.717, 1.165) is 24.8 Å². The van der Waals surface area contributed by atoms with Crippen molar-refractivity contribution in [3.8, 4) is 0 Å². The summed E-state index contributed by atoms with van der Waals surface area (Å²) in [5.41, 5.74) is 7.81. The van der Waals surface area contributed by atoms with E-state index < -0.39 is 0 Å². The molecular weight excluding hydrogens is 190 g/mol. The zero-order valence-corrected chi connectivity index (χ0v) is 8.82. The summed E-state index contributed by atoms with van der Waals surface area (Å²) < 4.78 is 5.29. The Bertz CT molecular complexity index is 363. The number of aryl methyl sites for hydroxylation is 1. The number of rotatable bonds is 2. The fourth-order valence-electron chi connectivity index (χ4n) is 1.64. The number of carbonyl (C=O) groups excluding carboxylic acids is 1. The molecule has 0 aromatic heterocycles. The lowest BCUT2D eigenvalue weighted by atomic mass is 9.96. The minimum atomic E-state index is -0.255. The van der Waals surface area contributed by atoms with Crippen molar-refractivity contribution < 1.29 is 9.53 Å². The Morgan fingerprint density at radius 3 is 2.67 bits per heavy atom. The van der Waals surface area contributed by atoms with Crippen LogP contribution in [-0.2, 0) is 4.74 Å². The van der Waals surface area contributed by atoms with Gasteiger partial charge in [0.15, 0.2) is 0 Å². The van der Waals surface area contributed by atoms with Gasteiger partial charge in [0.05, 0.1) is 5.56 Å². The van der Waals surface area contributed by atoms with E-state index in [1.807, 2.05) is 13.0 Å². The quantitative estimate of drug-likeness (QED) is 0.595. The standard InChI is InChI=1S/C12H15NO2/c1-8-5-9(7-10(13)6-8)12(14)15-11-3-2-4-11/h5-7,11H,2-4,13H2,1H3. The maximum Gasteiger partial charge on any atom is 0.338 e. The first-order valence-electron chi connectivity index (χ1n) is 5.23. The van der Waals surface area contributed by atoms with Gasteiger partial charge in [-0.05, 0) is 49.9 Å². The van der Waals surface area contributed by atoms with Gasteiger partial charge in [0.25, 0.3) is 0 Å². The minimum Gasteiger partial charge on any atom is -0.459 e. The van der Waals surface area contributed by atoms with Crippen molar-refractivity contribution in [2.75, 3.05) is 5.73 Å². The molecule has 15 heavy (non-hydrogen) atoms. The topological polar surface area (TPSA) is 52.3 Å². The van der Waals surface area contributed by atoms with Crippen molar-refractivity contribution in [3.63, 3.8) is 0 Å². The first-order valence-corrected chi connectivity index (χ1v) is 5.23. The molecule has 0 radical (unpaired) electrons. The lowest BCUT2D eigenvalue weighted by Gasteiger charge is -2.25. The van der Waals surface area contributed by atoms with Crippen molar-refractivity contribution in [2.45, 2.75) is 32.3 Å². The molecule has 1 aromatic carbocycles. The van der Waals surface area contributed by atoms with Gasteiger partial charge < -0.3 is 10.5 Å². The average molecular weight is 205 g/mol. The molecule has 1 aromatic rings. The Kier molecular flexibility index (Phi) is 2.62. The predicted octanol–water partition coefficient (Wildman–Crippen LogP) is 2.29. The van der Waals surface area contributed by atoms with E-state index in [2.05, 4.69) is 0 Å². The molecule has 1 fully saturated rings. The molecule has 0 aliphatic heterocycles. The molecule has 0 atom stereocenters. The van der Waals surface area contributed by atoms with Gasteiger partial charge in [0, 0.05) is 5.69 Å². The molecule has 2 N–H and O–H groups in total. The van der Waals surface area contributed by atoms with Crippen LogP contribution >= 0.6 is 0 Å². The van der Waals surface area contributed by atoms with Crippen LogP contribution in [0.4, 0.5) is 5.69 Å². The molecule has 3 heteroatoms. The first kappa shape index (κ1) is 10.0. The lowest BCUT2D eigenvalue weighted by Crippen LogP contribution is -2.25. The number of hydrogen-bond acceptors (Lipinski definition) is 3. The second-order valence-corrected chi connectivity index (χ2v) is 4.09. The molecule has 1 saturated carbocycles. The lowest BCUT2D eigenvalue weighted by molar-refractivity contribution is 0.00900. The maximum absolute atomic E-state index is 11.7. The smallest absolute Gasteiger partial charge is 0.338 e. The van der Waals surface area contributed by atoms with Crippen LogP contribution in [0.3, 0.4) is 0 Å². The predicted molar refractivity (Wildman–Crippen MR) is 58.6 cm³/mol. The molecule has 0 bridgehead atoms. The van der Waals surface area contributed by atoms with Gasteiger partial charge >= 0.3 is 5.97 Å². The SMILES string of the molecule is Cc1cc(N)cc(C(=O)OC2CCC2)c1. The first-order chi connectivity index (χ1) is 7.15. The summed E-state index contributed by atoms with van der Waals surface area (Å²) in [7, 11) is 0. The molecule has 80 valence electrons. The number of hydrogen-bond donors (Lipinski definition) is 1. The van der Waals surface area contributed by atoms with Crippen molar-refractivity contribution >= 4 is 11.7 Å². The van der Waals surface area contributed by atoms with Gasteiger partial charge in [-0.1, -0.05) is 0 Å². The summed E-state index contributed by atoms with van der Waals surface area (Å²) in [6.07, 6.45) is 3.27. The van der Waals surface area contributed by atoms with Crippen LogP contribution in [0.2, 0.25) is 0 Å². The Morgan fingerprint density at radius 1 is 1.40 bits per heavy atom. The molecule has 0 saturated heterocycles. The largest absolute Gasteiger partial charge is 0.459 e. The Balaban J connectivity index is 2.10. The van der Waals surface area contributed by atoms with Crippen molar-refractivity contribution in [3.05, 3.63) is 29.3 Å². The molecule has 0 spiro atoms. The van der Waals surface area contributed by atoms with Crippen LogP contribution in [0.5, 0.6) is 0 Å². The van der Waals surface area contributed by atoms with Crippen LogP contribution in [0, 0.1) is 6.92 Å². The van der Waals surface area contributed by atoms with E-state index in [9.17, 15) is 4.79 Å². The van der Waals surface area contributed by atoms with Crippen LogP contribution in [0.25, 0.3) is 0 Å². The summed E-state index contributed by atoms with van der Waals surface area (Å²) >= 11 is 0. The minimum absolute atomic E-state index is 0.124. The number of esters is 1. The van der Waals surface area contributed by atoms with Gasteiger partial charge in [-0.3, -0.25) is 0 Å². The van der Waals surface area contributed by atoms with E-state index in [0.29, 0.717) is 11.3 Å². The normalized spacial score (nSPS) is 15.8. The van der Waals surface area contributed by atoms with E-state index in [1.165, 1.54) is 0 Å². The highest BCUT2D eigenvalue weighted by molar-refractivity contribution is 5.90. The highest BCUT2D eigenvalue weighted by Crippen LogP contribution is 2.23. The van der Waals surface area contributed by atoms with E-state index in [1.54, 1.807) is 12.1 Å². The van der Waals surface area contributed by atoms with Crippen LogP contribution in [-0.4, -0.2) is 12.1 Å². The molecule has 2 rings (SSSR count). The van der Waals surface area contributed by atoms with Crippen molar-refractivity contribution in [1.82, 2.24) is 0 Å². The molecule has 0 amide bonds. The highest BCUT2D eigenvalue weighted by atomic mass is 16.5. The van der Waals surface area contributed by atoms with Crippen LogP contribution < -0.4 is 5.73 Å². The van der Waals surface area contributed by atoms with Crippen LogP contribution in [0.1, 0.15) is 35.2 Å². The van der Waals surface area contributed by atoms with Gasteiger partial charge in [0.2, 0.25) is 0 Å². The van der Waals surface area contributed by atoms with Crippen LogP contribution in [0.15, 0.2) is 18.2 Å². The molecule has 1 aliphatic carbocycles.